The predicted octanol–water partition coefficient (Wildman–Crippen LogP) is 2.71. The van der Waals surface area contributed by atoms with Gasteiger partial charge in [-0.2, -0.15) is 0 Å². The first-order valence-corrected chi connectivity index (χ1v) is 10.6. The van der Waals surface area contributed by atoms with Gasteiger partial charge in [-0.25, -0.2) is 16.8 Å². The highest BCUT2D eigenvalue weighted by Crippen LogP contribution is 2.27. The summed E-state index contributed by atoms with van der Waals surface area (Å²) in [5, 5.41) is 0.0394. The number of carbonyl (C=O) groups excluding carboxylic acids is 1. The van der Waals surface area contributed by atoms with E-state index in [9.17, 15) is 21.6 Å². The second kappa shape index (κ2) is 7.03. The van der Waals surface area contributed by atoms with E-state index < -0.39 is 20.0 Å². The lowest BCUT2D eigenvalue weighted by atomic mass is 10.2. The van der Waals surface area contributed by atoms with E-state index in [4.69, 9.17) is 11.6 Å². The molecule has 10 heteroatoms. The molecule has 25 heavy (non-hydrogen) atoms. The number of anilines is 2. The minimum atomic E-state index is -3.88. The van der Waals surface area contributed by atoms with Gasteiger partial charge in [-0.3, -0.25) is 14.2 Å². The lowest BCUT2D eigenvalue weighted by molar-refractivity contribution is 0.101. The van der Waals surface area contributed by atoms with Crippen molar-refractivity contribution in [3.8, 4) is 0 Å². The molecule has 0 saturated carbocycles. The molecule has 0 saturated heterocycles. The van der Waals surface area contributed by atoms with E-state index in [2.05, 4.69) is 9.44 Å². The Hall–Kier alpha value is -2.10. The fourth-order valence-corrected chi connectivity index (χ4v) is 3.85. The second-order valence-electron chi connectivity index (χ2n) is 5.25. The summed E-state index contributed by atoms with van der Waals surface area (Å²) in [6.45, 7) is 1.38. The Kier molecular flexibility index (Phi) is 5.40. The Labute approximate surface area is 151 Å². The van der Waals surface area contributed by atoms with Gasteiger partial charge >= 0.3 is 0 Å². The molecule has 2 aromatic rings. The van der Waals surface area contributed by atoms with Crippen molar-refractivity contribution >= 4 is 48.8 Å². The molecule has 2 N–H and O–H groups in total. The van der Waals surface area contributed by atoms with Gasteiger partial charge in [0.15, 0.2) is 5.78 Å². The van der Waals surface area contributed by atoms with Crippen molar-refractivity contribution in [1.82, 2.24) is 0 Å². The first kappa shape index (κ1) is 19.2. The van der Waals surface area contributed by atoms with Crippen LogP contribution >= 0.6 is 11.6 Å². The Balaban J connectivity index is 2.25. The summed E-state index contributed by atoms with van der Waals surface area (Å²) >= 11 is 5.97. The van der Waals surface area contributed by atoms with Gasteiger partial charge in [-0.15, -0.1) is 0 Å². The molecule has 7 nitrogen and oxygen atoms in total. The molecule has 2 aromatic carbocycles. The maximum absolute atomic E-state index is 12.4. The molecule has 0 fully saturated rings. The van der Waals surface area contributed by atoms with Crippen molar-refractivity contribution in [1.29, 1.82) is 0 Å². The summed E-state index contributed by atoms with van der Waals surface area (Å²) in [4.78, 5) is 11.2. The van der Waals surface area contributed by atoms with E-state index in [0.717, 1.165) is 6.26 Å². The molecule has 0 bridgehead atoms. The fraction of sp³-hybridized carbons (Fsp3) is 0.133. The van der Waals surface area contributed by atoms with Crippen molar-refractivity contribution in [2.75, 3.05) is 15.7 Å². The number of ketones is 1. The third-order valence-corrected chi connectivity index (χ3v) is 5.39. The summed E-state index contributed by atoms with van der Waals surface area (Å²) in [5.74, 6) is -0.169. The van der Waals surface area contributed by atoms with Gasteiger partial charge < -0.3 is 0 Å². The zero-order chi connectivity index (χ0) is 18.8. The summed E-state index contributed by atoms with van der Waals surface area (Å²) in [6.07, 6.45) is 0.977. The average molecular weight is 403 g/mol. The third-order valence-electron chi connectivity index (χ3n) is 3.09. The smallest absolute Gasteiger partial charge is 0.261 e. The lowest BCUT2D eigenvalue weighted by Crippen LogP contribution is -2.14. The number of carbonyl (C=O) groups is 1. The van der Waals surface area contributed by atoms with Crippen molar-refractivity contribution < 1.29 is 21.6 Å². The number of hydrogen-bond donors (Lipinski definition) is 2. The summed E-state index contributed by atoms with van der Waals surface area (Å²) in [5.41, 5.74) is 0.704. The van der Waals surface area contributed by atoms with E-state index in [0.29, 0.717) is 5.56 Å². The van der Waals surface area contributed by atoms with Crippen LogP contribution in [0.1, 0.15) is 17.3 Å². The van der Waals surface area contributed by atoms with Crippen molar-refractivity contribution in [2.45, 2.75) is 11.8 Å². The normalized spacial score (nSPS) is 11.8. The molecular formula is C15H15ClN2O5S2. The number of benzene rings is 2. The SMILES string of the molecule is CC(=O)c1ccc(S(=O)(=O)Nc2ccc(NS(C)(=O)=O)c(Cl)c2)cc1. The Morgan fingerprint density at radius 1 is 0.960 bits per heavy atom. The Bertz CT molecular complexity index is 1020. The number of Topliss-reactive ketones (excluding diaryl/α,β-unsaturated/α-hetero) is 1. The topological polar surface area (TPSA) is 109 Å². The molecule has 0 radical (unpaired) electrons. The van der Waals surface area contributed by atoms with Crippen LogP contribution in [-0.2, 0) is 20.0 Å². The van der Waals surface area contributed by atoms with Gasteiger partial charge in [0, 0.05) is 5.56 Å². The van der Waals surface area contributed by atoms with Gasteiger partial charge in [-0.05, 0) is 37.3 Å². The van der Waals surface area contributed by atoms with Crippen LogP contribution in [0, 0.1) is 0 Å². The molecule has 0 heterocycles. The zero-order valence-corrected chi connectivity index (χ0v) is 15.7. The Morgan fingerprint density at radius 2 is 1.56 bits per heavy atom. The van der Waals surface area contributed by atoms with E-state index in [1.807, 2.05) is 0 Å². The number of sulfonamides is 2. The van der Waals surface area contributed by atoms with Gasteiger partial charge in [0.05, 0.1) is 27.5 Å². The van der Waals surface area contributed by atoms with Gasteiger partial charge in [0.2, 0.25) is 10.0 Å². The molecule has 0 aliphatic heterocycles. The van der Waals surface area contributed by atoms with E-state index in [1.54, 1.807) is 0 Å². The first-order valence-electron chi connectivity index (χ1n) is 6.89. The quantitative estimate of drug-likeness (QED) is 0.722. The van der Waals surface area contributed by atoms with Crippen molar-refractivity contribution in [3.05, 3.63) is 53.1 Å². The third kappa shape index (κ3) is 5.18. The van der Waals surface area contributed by atoms with Crippen molar-refractivity contribution in [2.24, 2.45) is 0 Å². The minimum absolute atomic E-state index is 0.0213. The monoisotopic (exact) mass is 402 g/mol. The standard InChI is InChI=1S/C15H15ClN2O5S2/c1-10(19)11-3-6-13(7-4-11)25(22,23)17-12-5-8-15(14(16)9-12)18-24(2,20)21/h3-9,17-18H,1-2H3. The maximum atomic E-state index is 12.4. The number of rotatable bonds is 6. The van der Waals surface area contributed by atoms with Crippen molar-refractivity contribution in [3.63, 3.8) is 0 Å². The van der Waals surface area contributed by atoms with Crippen LogP contribution in [0.25, 0.3) is 0 Å². The highest BCUT2D eigenvalue weighted by Gasteiger charge is 2.16. The molecule has 0 unspecified atom stereocenters. The molecule has 0 amide bonds. The number of halogens is 1. The summed E-state index contributed by atoms with van der Waals surface area (Å²) in [7, 11) is -7.38. The van der Waals surface area contributed by atoms with Crippen LogP contribution in [0.5, 0.6) is 0 Å². The van der Waals surface area contributed by atoms with Gasteiger partial charge in [-0.1, -0.05) is 23.7 Å². The highest BCUT2D eigenvalue weighted by molar-refractivity contribution is 7.92. The van der Waals surface area contributed by atoms with Crippen LogP contribution in [0.2, 0.25) is 5.02 Å². The molecule has 0 aromatic heterocycles. The minimum Gasteiger partial charge on any atom is -0.295 e. The molecule has 134 valence electrons. The summed E-state index contributed by atoms with van der Waals surface area (Å²) < 4.78 is 51.7. The van der Waals surface area contributed by atoms with E-state index in [-0.39, 0.29) is 27.1 Å². The maximum Gasteiger partial charge on any atom is 0.261 e. The molecule has 0 aliphatic carbocycles. The van der Waals surface area contributed by atoms with Crippen LogP contribution in [0.3, 0.4) is 0 Å². The van der Waals surface area contributed by atoms with Gasteiger partial charge in [0.1, 0.15) is 0 Å². The molecular weight excluding hydrogens is 388 g/mol. The van der Waals surface area contributed by atoms with Gasteiger partial charge in [0.25, 0.3) is 10.0 Å². The first-order chi connectivity index (χ1) is 11.5. The summed E-state index contributed by atoms with van der Waals surface area (Å²) in [6, 6.07) is 9.49. The molecule has 2 rings (SSSR count). The van der Waals surface area contributed by atoms with Crippen LogP contribution in [-0.4, -0.2) is 28.9 Å². The largest absolute Gasteiger partial charge is 0.295 e. The highest BCUT2D eigenvalue weighted by atomic mass is 35.5. The van der Waals surface area contributed by atoms with E-state index >= 15 is 0 Å². The molecule has 0 atom stereocenters. The Morgan fingerprint density at radius 3 is 2.04 bits per heavy atom. The number of hydrogen-bond acceptors (Lipinski definition) is 5. The fourth-order valence-electron chi connectivity index (χ4n) is 1.94. The molecule has 0 aliphatic rings. The predicted molar refractivity (Wildman–Crippen MR) is 97.2 cm³/mol. The average Bonchev–Trinajstić information content (AvgIpc) is 2.48. The molecule has 0 spiro atoms. The van der Waals surface area contributed by atoms with Crippen LogP contribution < -0.4 is 9.44 Å². The van der Waals surface area contributed by atoms with Crippen LogP contribution in [0.4, 0.5) is 11.4 Å². The zero-order valence-electron chi connectivity index (χ0n) is 13.3. The van der Waals surface area contributed by atoms with Crippen LogP contribution in [0.15, 0.2) is 47.4 Å². The lowest BCUT2D eigenvalue weighted by Gasteiger charge is -2.11. The second-order valence-corrected chi connectivity index (χ2v) is 9.09. The number of nitrogens with one attached hydrogen (secondary N) is 2. The van der Waals surface area contributed by atoms with E-state index in [1.165, 1.54) is 49.4 Å².